The monoisotopic (exact) mass is 578 g/mol. The first-order chi connectivity index (χ1) is 19.1. The van der Waals surface area contributed by atoms with Gasteiger partial charge in [0.1, 0.15) is 5.75 Å². The smallest absolute Gasteiger partial charge is 0.416 e. The summed E-state index contributed by atoms with van der Waals surface area (Å²) in [5.74, 6) is -0.945. The van der Waals surface area contributed by atoms with Crippen LogP contribution in [0.1, 0.15) is 22.9 Å². The zero-order valence-electron chi connectivity index (χ0n) is 21.6. The third-order valence-electron chi connectivity index (χ3n) is 6.92. The number of hydrogen-bond donors (Lipinski definition) is 1. The zero-order valence-corrected chi connectivity index (χ0v) is 22.4. The number of halogens is 4. The Bertz CT molecular complexity index is 1440. The van der Waals surface area contributed by atoms with Gasteiger partial charge in [0.25, 0.3) is 0 Å². The van der Waals surface area contributed by atoms with Crippen molar-refractivity contribution in [2.75, 3.05) is 50.2 Å². The number of alkyl halides is 3. The number of aliphatic carboxylic acids is 1. The van der Waals surface area contributed by atoms with Gasteiger partial charge in [-0.3, -0.25) is 9.69 Å². The minimum Gasteiger partial charge on any atom is -0.495 e. The van der Waals surface area contributed by atoms with E-state index in [9.17, 15) is 27.5 Å². The number of carbonyl (C=O) groups is 1. The fraction of sp³-hybridized carbons (Fsp3) is 0.333. The third kappa shape index (κ3) is 5.25. The number of benzene rings is 2. The predicted molar refractivity (Wildman–Crippen MR) is 144 cm³/mol. The molecule has 0 bridgehead atoms. The summed E-state index contributed by atoms with van der Waals surface area (Å²) < 4.78 is 65.8. The summed E-state index contributed by atoms with van der Waals surface area (Å²) in [7, 11) is 2.75. The van der Waals surface area contributed by atoms with Crippen LogP contribution in [0.5, 0.6) is 11.5 Å². The molecule has 0 spiro atoms. The van der Waals surface area contributed by atoms with E-state index in [1.165, 1.54) is 37.7 Å². The molecule has 1 fully saturated rings. The Morgan fingerprint density at radius 3 is 2.38 bits per heavy atom. The molecule has 5 rings (SSSR count). The van der Waals surface area contributed by atoms with E-state index in [4.69, 9.17) is 14.5 Å². The third-order valence-corrected chi connectivity index (χ3v) is 7.93. The van der Waals surface area contributed by atoms with Crippen molar-refractivity contribution in [3.05, 3.63) is 64.1 Å². The van der Waals surface area contributed by atoms with Gasteiger partial charge < -0.3 is 24.4 Å². The number of guanidine groups is 1. The van der Waals surface area contributed by atoms with E-state index in [1.54, 1.807) is 28.5 Å². The molecular weight excluding hydrogens is 552 g/mol. The molecule has 3 aromatic rings. The van der Waals surface area contributed by atoms with Gasteiger partial charge in [-0.25, -0.2) is 9.38 Å². The van der Waals surface area contributed by atoms with E-state index in [2.05, 4.69) is 0 Å². The quantitative estimate of drug-likeness (QED) is 0.372. The Morgan fingerprint density at radius 1 is 1.02 bits per heavy atom. The van der Waals surface area contributed by atoms with Crippen LogP contribution in [-0.4, -0.2) is 62.3 Å². The summed E-state index contributed by atoms with van der Waals surface area (Å²) in [4.78, 5) is 23.0. The first-order valence-electron chi connectivity index (χ1n) is 12.4. The Kier molecular flexibility index (Phi) is 7.49. The van der Waals surface area contributed by atoms with Crippen LogP contribution in [0.25, 0.3) is 0 Å². The molecule has 0 radical (unpaired) electrons. The van der Waals surface area contributed by atoms with Crippen LogP contribution in [0.4, 0.5) is 34.6 Å². The Hall–Kier alpha value is -4.00. The molecule has 1 atom stereocenters. The predicted octanol–water partition coefficient (Wildman–Crippen LogP) is 5.77. The summed E-state index contributed by atoms with van der Waals surface area (Å²) in [5, 5.41) is 11.6. The highest BCUT2D eigenvalue weighted by atomic mass is 32.1. The lowest BCUT2D eigenvalue weighted by atomic mass is 10.0. The van der Waals surface area contributed by atoms with E-state index in [1.807, 2.05) is 9.80 Å². The second-order valence-electron chi connectivity index (χ2n) is 9.24. The average molecular weight is 579 g/mol. The standard InChI is InChI=1S/C27H26F4N4O4S/c1-38-22-6-3-16(27(29,30)31)13-20(22)35-21(15-24(36)37)25-19(7-12-40-25)32-26(35)34-10-8-33(9-11-34)17-4-5-18(28)23(14-17)39-2/h3-7,12-14,21H,8-11,15H2,1-2H3,(H,36,37)/t21-/m1/s1. The van der Waals surface area contributed by atoms with Crippen molar-refractivity contribution >= 4 is 40.3 Å². The maximum atomic E-state index is 13.9. The molecule has 13 heteroatoms. The van der Waals surface area contributed by atoms with Crippen LogP contribution in [0, 0.1) is 5.82 Å². The molecule has 0 unspecified atom stereocenters. The average Bonchev–Trinajstić information content (AvgIpc) is 3.41. The molecule has 8 nitrogen and oxygen atoms in total. The largest absolute Gasteiger partial charge is 0.495 e. The van der Waals surface area contributed by atoms with Crippen LogP contribution >= 0.6 is 11.3 Å². The lowest BCUT2D eigenvalue weighted by Crippen LogP contribution is -2.55. The van der Waals surface area contributed by atoms with E-state index in [0.29, 0.717) is 42.7 Å². The molecule has 40 heavy (non-hydrogen) atoms. The molecule has 1 N–H and O–H groups in total. The Labute approximate surface area is 231 Å². The molecule has 0 saturated carbocycles. The minimum atomic E-state index is -4.62. The zero-order chi connectivity index (χ0) is 28.6. The van der Waals surface area contributed by atoms with Gasteiger partial charge in [-0.15, -0.1) is 11.3 Å². The van der Waals surface area contributed by atoms with E-state index in [0.717, 1.165) is 17.8 Å². The lowest BCUT2D eigenvalue weighted by Gasteiger charge is -2.44. The molecule has 212 valence electrons. The molecular formula is C27H26F4N4O4S. The molecule has 2 aromatic carbocycles. The minimum absolute atomic E-state index is 0.0760. The van der Waals surface area contributed by atoms with Gasteiger partial charge in [-0.05, 0) is 41.8 Å². The summed E-state index contributed by atoms with van der Waals surface area (Å²) in [6.45, 7) is 1.86. The van der Waals surface area contributed by atoms with Crippen LogP contribution in [0.2, 0.25) is 0 Å². The second-order valence-corrected chi connectivity index (χ2v) is 10.2. The van der Waals surface area contributed by atoms with Crippen LogP contribution in [0.15, 0.2) is 52.8 Å². The van der Waals surface area contributed by atoms with Crippen molar-refractivity contribution in [2.24, 2.45) is 4.99 Å². The summed E-state index contributed by atoms with van der Waals surface area (Å²) >= 11 is 1.30. The number of rotatable bonds is 6. The summed E-state index contributed by atoms with van der Waals surface area (Å²) in [6, 6.07) is 8.72. The van der Waals surface area contributed by atoms with E-state index < -0.39 is 29.6 Å². The number of carboxylic acid groups (broad SMARTS) is 1. The summed E-state index contributed by atoms with van der Waals surface area (Å²) in [5.41, 5.74) is 0.541. The lowest BCUT2D eigenvalue weighted by molar-refractivity contribution is -0.138. The number of ether oxygens (including phenoxy) is 2. The van der Waals surface area contributed by atoms with Gasteiger partial charge >= 0.3 is 12.1 Å². The number of carboxylic acids is 1. The fourth-order valence-corrected chi connectivity index (χ4v) is 5.91. The second kappa shape index (κ2) is 10.9. The number of fused-ring (bicyclic) bond motifs is 1. The van der Waals surface area contributed by atoms with Gasteiger partial charge in [0, 0.05) is 37.9 Å². The number of aliphatic imine (C=N–C) groups is 1. The first kappa shape index (κ1) is 27.6. The van der Waals surface area contributed by atoms with Crippen LogP contribution < -0.4 is 19.3 Å². The highest BCUT2D eigenvalue weighted by Gasteiger charge is 2.40. The molecule has 2 aliphatic heterocycles. The molecule has 1 saturated heterocycles. The highest BCUT2D eigenvalue weighted by molar-refractivity contribution is 7.10. The Morgan fingerprint density at radius 2 is 1.73 bits per heavy atom. The number of piperazine rings is 1. The SMILES string of the molecule is COc1cc(N2CCN(C3=Nc4ccsc4[C@@H](CC(=O)O)N3c3cc(C(F)(F)F)ccc3OC)CC2)ccc1F. The number of methoxy groups -OCH3 is 2. The Balaban J connectivity index is 1.54. The topological polar surface area (TPSA) is 77.8 Å². The molecule has 3 heterocycles. The number of hydrogen-bond acceptors (Lipinski definition) is 8. The van der Waals surface area contributed by atoms with Crippen molar-refractivity contribution in [3.63, 3.8) is 0 Å². The van der Waals surface area contributed by atoms with Crippen molar-refractivity contribution in [1.82, 2.24) is 4.90 Å². The molecule has 0 aliphatic carbocycles. The van der Waals surface area contributed by atoms with Crippen molar-refractivity contribution in [3.8, 4) is 11.5 Å². The normalized spacial score (nSPS) is 17.4. The van der Waals surface area contributed by atoms with Gasteiger partial charge in [-0.2, -0.15) is 13.2 Å². The number of nitrogens with zero attached hydrogens (tertiary/aromatic N) is 4. The maximum absolute atomic E-state index is 13.9. The number of anilines is 2. The fourth-order valence-electron chi connectivity index (χ4n) is 4.99. The highest BCUT2D eigenvalue weighted by Crippen LogP contribution is 2.47. The van der Waals surface area contributed by atoms with Crippen molar-refractivity contribution in [1.29, 1.82) is 0 Å². The van der Waals surface area contributed by atoms with Gasteiger partial charge in [-0.1, -0.05) is 0 Å². The van der Waals surface area contributed by atoms with Crippen LogP contribution in [0.3, 0.4) is 0 Å². The molecule has 2 aliphatic rings. The van der Waals surface area contributed by atoms with Crippen LogP contribution in [-0.2, 0) is 11.0 Å². The van der Waals surface area contributed by atoms with Gasteiger partial charge in [0.2, 0.25) is 5.96 Å². The van der Waals surface area contributed by atoms with Crippen molar-refractivity contribution < 1.29 is 36.9 Å². The maximum Gasteiger partial charge on any atom is 0.416 e. The van der Waals surface area contributed by atoms with Gasteiger partial charge in [0.05, 0.1) is 48.5 Å². The summed E-state index contributed by atoms with van der Waals surface area (Å²) in [6.07, 6.45) is -4.98. The molecule has 1 aromatic heterocycles. The molecule has 0 amide bonds. The van der Waals surface area contributed by atoms with E-state index >= 15 is 0 Å². The van der Waals surface area contributed by atoms with Crippen molar-refractivity contribution in [2.45, 2.75) is 18.6 Å². The number of thiophene rings is 1. The van der Waals surface area contributed by atoms with E-state index in [-0.39, 0.29) is 23.6 Å². The first-order valence-corrected chi connectivity index (χ1v) is 13.2. The van der Waals surface area contributed by atoms with Gasteiger partial charge in [0.15, 0.2) is 11.6 Å².